The van der Waals surface area contributed by atoms with Crippen LogP contribution in [0.3, 0.4) is 0 Å². The molecule has 310 valence electrons. The van der Waals surface area contributed by atoms with E-state index in [-0.39, 0.29) is 6.71 Å². The second-order valence-electron chi connectivity index (χ2n) is 17.7. The van der Waals surface area contributed by atoms with Crippen LogP contribution in [0.4, 0.5) is 34.1 Å². The first-order valence-electron chi connectivity index (χ1n) is 23.5. The molecule has 0 atom stereocenters. The number of benzene rings is 7. The summed E-state index contributed by atoms with van der Waals surface area (Å²) in [5, 5.41) is 2.52. The topological polar surface area (TPSA) is 16.3 Å². The van der Waals surface area contributed by atoms with E-state index in [0.717, 1.165) is 51.4 Å². The number of fused-ring (bicyclic) bond motifs is 4. The quantitative estimate of drug-likeness (QED) is 0.102. The van der Waals surface area contributed by atoms with Gasteiger partial charge in [0.1, 0.15) is 0 Å². The minimum absolute atomic E-state index is 0.0827. The van der Waals surface area contributed by atoms with Crippen molar-refractivity contribution in [3.8, 4) is 11.4 Å². The van der Waals surface area contributed by atoms with E-state index in [1.165, 1.54) is 106 Å². The van der Waals surface area contributed by atoms with Gasteiger partial charge in [-0.25, -0.2) is 0 Å². The van der Waals surface area contributed by atoms with Gasteiger partial charge in [-0.2, -0.15) is 0 Å². The molecular formula is C58H55BN4. The van der Waals surface area contributed by atoms with Crippen molar-refractivity contribution in [1.82, 2.24) is 9.13 Å². The van der Waals surface area contributed by atoms with Gasteiger partial charge in [-0.15, -0.1) is 0 Å². The number of hydrogen-bond donors (Lipinski definition) is 0. The first-order valence-corrected chi connectivity index (χ1v) is 23.5. The lowest BCUT2D eigenvalue weighted by molar-refractivity contribution is 0.921. The van der Waals surface area contributed by atoms with Gasteiger partial charge in [-0.05, 0) is 149 Å². The molecule has 0 aliphatic carbocycles. The summed E-state index contributed by atoms with van der Waals surface area (Å²) in [5.41, 5.74) is 21.8. The summed E-state index contributed by atoms with van der Waals surface area (Å²) in [7, 11) is 0. The fraction of sp³-hybridized carbons (Fsp3) is 0.207. The van der Waals surface area contributed by atoms with Crippen LogP contribution in [-0.4, -0.2) is 15.8 Å². The largest absolute Gasteiger partial charge is 0.317 e. The third-order valence-corrected chi connectivity index (χ3v) is 13.6. The first-order chi connectivity index (χ1) is 31.1. The molecule has 0 N–H and O–H groups in total. The Morgan fingerprint density at radius 3 is 1.03 bits per heavy atom. The third-order valence-electron chi connectivity index (χ3n) is 13.6. The maximum atomic E-state index is 2.47. The minimum atomic E-state index is 0.0827. The Labute approximate surface area is 373 Å². The zero-order valence-corrected chi connectivity index (χ0v) is 37.1. The van der Waals surface area contributed by atoms with Crippen molar-refractivity contribution in [2.45, 2.75) is 79.1 Å². The molecule has 2 aromatic heterocycles. The maximum Gasteiger partial charge on any atom is 0.252 e. The van der Waals surface area contributed by atoms with Gasteiger partial charge >= 0.3 is 0 Å². The molecule has 11 rings (SSSR count). The van der Waals surface area contributed by atoms with Crippen molar-refractivity contribution < 1.29 is 0 Å². The summed E-state index contributed by atoms with van der Waals surface area (Å²) in [6, 6.07) is 58.2. The van der Waals surface area contributed by atoms with E-state index in [0.29, 0.717) is 0 Å². The fourth-order valence-corrected chi connectivity index (χ4v) is 10.8. The molecule has 2 aliphatic heterocycles. The molecule has 0 bridgehead atoms. The first kappa shape index (κ1) is 39.2. The standard InChI is InChI=1S/C58H55BN4/c1-5-10-40-16-24-44(25-17-40)62(45-26-18-41(11-6-2)19-27-45)52-34-32-50-57-48(52)36-38-60(57)54-14-9-15-55-56(54)59(50)51-33-35-53(49-37-39-61(55)58(49)51)63(46-28-20-42(12-7-3)21-29-46)47-30-22-43(13-8-4)23-31-47/h9,14-39H,5-8,10-13H2,1-4H3. The number of aromatic nitrogens is 2. The van der Waals surface area contributed by atoms with Gasteiger partial charge in [0.15, 0.2) is 0 Å². The molecule has 0 unspecified atom stereocenters. The van der Waals surface area contributed by atoms with Crippen molar-refractivity contribution in [2.75, 3.05) is 9.80 Å². The van der Waals surface area contributed by atoms with Crippen LogP contribution in [0.25, 0.3) is 33.2 Å². The Hall–Kier alpha value is -6.72. The predicted molar refractivity (Wildman–Crippen MR) is 270 cm³/mol. The van der Waals surface area contributed by atoms with Crippen molar-refractivity contribution >= 4 is 79.0 Å². The molecule has 5 heteroatoms. The van der Waals surface area contributed by atoms with Crippen molar-refractivity contribution in [3.63, 3.8) is 0 Å². The van der Waals surface area contributed by atoms with Crippen LogP contribution in [-0.2, 0) is 25.7 Å². The molecule has 0 saturated heterocycles. The number of aryl methyl sites for hydroxylation is 4. The SMILES string of the molecule is CCCc1ccc(N(c2ccc(CCC)cc2)c2ccc3c4c2ccn4-c2cccc4c2B3c2ccc(N(c3ccc(CCC)cc3)c3ccc(CCC)cc3)c3ccn-4c23)cc1. The molecule has 0 spiro atoms. The average molecular weight is 819 g/mol. The van der Waals surface area contributed by atoms with Gasteiger partial charge in [0.25, 0.3) is 6.71 Å². The summed E-state index contributed by atoms with van der Waals surface area (Å²) in [5.74, 6) is 0. The van der Waals surface area contributed by atoms with Crippen LogP contribution >= 0.6 is 0 Å². The Balaban J connectivity index is 1.08. The number of anilines is 6. The van der Waals surface area contributed by atoms with Crippen LogP contribution in [0.15, 0.2) is 164 Å². The summed E-state index contributed by atoms with van der Waals surface area (Å²) in [4.78, 5) is 4.94. The number of hydrogen-bond acceptors (Lipinski definition) is 2. The van der Waals surface area contributed by atoms with Crippen LogP contribution < -0.4 is 26.2 Å². The molecule has 2 aliphatic rings. The van der Waals surface area contributed by atoms with Gasteiger partial charge in [0.2, 0.25) is 0 Å². The zero-order chi connectivity index (χ0) is 42.6. The van der Waals surface area contributed by atoms with Crippen molar-refractivity contribution in [3.05, 3.63) is 186 Å². The average Bonchev–Trinajstić information content (AvgIpc) is 3.98. The highest BCUT2D eigenvalue weighted by molar-refractivity contribution is 7.00. The van der Waals surface area contributed by atoms with Gasteiger partial charge in [0.05, 0.1) is 22.4 Å². The van der Waals surface area contributed by atoms with E-state index in [2.05, 4.69) is 211 Å². The summed E-state index contributed by atoms with van der Waals surface area (Å²) in [6.45, 7) is 9.10. The van der Waals surface area contributed by atoms with Gasteiger partial charge in [0, 0.05) is 57.3 Å². The minimum Gasteiger partial charge on any atom is -0.317 e. The highest BCUT2D eigenvalue weighted by Crippen LogP contribution is 2.43. The third kappa shape index (κ3) is 6.51. The molecule has 7 aromatic carbocycles. The molecule has 0 amide bonds. The molecule has 0 fully saturated rings. The summed E-state index contributed by atoms with van der Waals surface area (Å²) in [6.07, 6.45) is 13.5. The molecule has 0 radical (unpaired) electrons. The lowest BCUT2D eigenvalue weighted by Gasteiger charge is -2.35. The molecule has 0 saturated carbocycles. The lowest BCUT2D eigenvalue weighted by atomic mass is 9.34. The smallest absolute Gasteiger partial charge is 0.252 e. The van der Waals surface area contributed by atoms with Crippen molar-refractivity contribution in [1.29, 1.82) is 0 Å². The second kappa shape index (κ2) is 16.2. The van der Waals surface area contributed by atoms with Crippen LogP contribution in [0.5, 0.6) is 0 Å². The van der Waals surface area contributed by atoms with E-state index in [1.54, 1.807) is 0 Å². The molecule has 4 heterocycles. The van der Waals surface area contributed by atoms with E-state index >= 15 is 0 Å². The normalized spacial score (nSPS) is 12.3. The molecule has 9 aromatic rings. The van der Waals surface area contributed by atoms with Crippen molar-refractivity contribution in [2.24, 2.45) is 0 Å². The monoisotopic (exact) mass is 818 g/mol. The van der Waals surface area contributed by atoms with Gasteiger partial charge in [-0.3, -0.25) is 0 Å². The Morgan fingerprint density at radius 1 is 0.381 bits per heavy atom. The van der Waals surface area contributed by atoms with Gasteiger partial charge < -0.3 is 18.9 Å². The molecule has 4 nitrogen and oxygen atoms in total. The predicted octanol–water partition coefficient (Wildman–Crippen LogP) is 13.5. The van der Waals surface area contributed by atoms with E-state index < -0.39 is 0 Å². The Kier molecular flexibility index (Phi) is 10.1. The van der Waals surface area contributed by atoms with Crippen LogP contribution in [0, 0.1) is 0 Å². The number of rotatable bonds is 14. The summed E-state index contributed by atoms with van der Waals surface area (Å²) < 4.78 is 4.92. The second-order valence-corrected chi connectivity index (χ2v) is 17.7. The summed E-state index contributed by atoms with van der Waals surface area (Å²) >= 11 is 0. The maximum absolute atomic E-state index is 2.47. The van der Waals surface area contributed by atoms with E-state index in [4.69, 9.17) is 0 Å². The van der Waals surface area contributed by atoms with E-state index in [9.17, 15) is 0 Å². The highest BCUT2D eigenvalue weighted by Gasteiger charge is 2.40. The molecule has 63 heavy (non-hydrogen) atoms. The van der Waals surface area contributed by atoms with Gasteiger partial charge in [-0.1, -0.05) is 120 Å². The Morgan fingerprint density at radius 2 is 0.714 bits per heavy atom. The highest BCUT2D eigenvalue weighted by atomic mass is 15.2. The lowest BCUT2D eigenvalue weighted by Crippen LogP contribution is -2.59. The molecular weight excluding hydrogens is 763 g/mol. The number of nitrogens with zero attached hydrogens (tertiary/aromatic N) is 4. The zero-order valence-electron chi connectivity index (χ0n) is 37.1. The van der Waals surface area contributed by atoms with E-state index in [1.807, 2.05) is 0 Å². The Bertz CT molecular complexity index is 2790. The van der Waals surface area contributed by atoms with Crippen LogP contribution in [0.1, 0.15) is 75.6 Å². The fourth-order valence-electron chi connectivity index (χ4n) is 10.8. The van der Waals surface area contributed by atoms with Crippen LogP contribution in [0.2, 0.25) is 0 Å².